The number of hydrogen-bond donors (Lipinski definition) is 2. The van der Waals surface area contributed by atoms with Crippen LogP contribution in [0.2, 0.25) is 0 Å². The number of rotatable bonds is 7. The highest BCUT2D eigenvalue weighted by Gasteiger charge is 2.31. The number of nitrogens with one attached hydrogen (secondary N) is 2. The van der Waals surface area contributed by atoms with Crippen LogP contribution < -0.4 is 20.1 Å². The lowest BCUT2D eigenvalue weighted by molar-refractivity contribution is -0.113. The van der Waals surface area contributed by atoms with E-state index in [-0.39, 0.29) is 11.8 Å². The van der Waals surface area contributed by atoms with Crippen LogP contribution in [0.5, 0.6) is 11.6 Å². The Hall–Kier alpha value is -2.95. The number of anilines is 1. The van der Waals surface area contributed by atoms with Gasteiger partial charge in [0, 0.05) is 37.2 Å². The van der Waals surface area contributed by atoms with Gasteiger partial charge in [-0.2, -0.15) is 0 Å². The number of fused-ring (bicyclic) bond motifs is 4. The molecule has 2 atom stereocenters. The predicted octanol–water partition coefficient (Wildman–Crippen LogP) is 3.06. The van der Waals surface area contributed by atoms with E-state index in [4.69, 9.17) is 14.5 Å². The van der Waals surface area contributed by atoms with Crippen molar-refractivity contribution in [1.29, 1.82) is 0 Å². The number of nitrogens with zero attached hydrogens (tertiary/aromatic N) is 4. The fourth-order valence-corrected chi connectivity index (χ4v) is 6.15. The fourth-order valence-electron chi connectivity index (χ4n) is 5.39. The molecule has 188 valence electrons. The molecule has 0 aromatic carbocycles. The number of thioether (sulfide) groups is 1. The van der Waals surface area contributed by atoms with Crippen LogP contribution in [0.1, 0.15) is 30.0 Å². The standard InChI is InChI=1S/C26H30N6O3S/c1-34-23-7-5-19-25(31-23)24-17(14-35-20(24)11-28-19)13-32-8-2-3-16(12-32)9-27-10-18-4-6-21-26(29-18)30-22(33)15-36-21/h4-7,11,16-17,27H,2-3,8-10,12-15H2,1H3,(H,29,30,33)/t16-,17?/m0/s1. The van der Waals surface area contributed by atoms with E-state index in [2.05, 4.69) is 31.6 Å². The van der Waals surface area contributed by atoms with Gasteiger partial charge in [-0.05, 0) is 50.0 Å². The lowest BCUT2D eigenvalue weighted by Gasteiger charge is -2.34. The SMILES string of the molecule is COc1ccc2ncc3c(c2n1)C(CN1CCC[C@@H](CNCc2ccc4c(n2)NC(=O)CS4)C1)CO3. The van der Waals surface area contributed by atoms with Crippen LogP contribution in [-0.2, 0) is 11.3 Å². The summed E-state index contributed by atoms with van der Waals surface area (Å²) in [6, 6.07) is 7.91. The molecule has 0 aliphatic carbocycles. The van der Waals surface area contributed by atoms with E-state index in [1.807, 2.05) is 24.4 Å². The zero-order valence-electron chi connectivity index (χ0n) is 20.3. The average molecular weight is 507 g/mol. The molecule has 0 bridgehead atoms. The summed E-state index contributed by atoms with van der Waals surface area (Å²) >= 11 is 1.54. The molecule has 3 aliphatic rings. The van der Waals surface area contributed by atoms with Gasteiger partial charge in [-0.3, -0.25) is 9.78 Å². The van der Waals surface area contributed by atoms with Crippen molar-refractivity contribution in [2.45, 2.75) is 30.2 Å². The minimum atomic E-state index is 0.0156. The van der Waals surface area contributed by atoms with E-state index in [0.717, 1.165) is 59.1 Å². The summed E-state index contributed by atoms with van der Waals surface area (Å²) in [6.45, 7) is 5.41. The minimum absolute atomic E-state index is 0.0156. The third kappa shape index (κ3) is 4.85. The van der Waals surface area contributed by atoms with Crippen molar-refractivity contribution >= 4 is 34.5 Å². The molecule has 9 nitrogen and oxygen atoms in total. The molecule has 0 saturated carbocycles. The van der Waals surface area contributed by atoms with E-state index in [0.29, 0.717) is 36.5 Å². The number of hydrogen-bond acceptors (Lipinski definition) is 9. The van der Waals surface area contributed by atoms with Crippen LogP contribution in [0.4, 0.5) is 5.82 Å². The Kier molecular flexibility index (Phi) is 6.64. The zero-order valence-corrected chi connectivity index (χ0v) is 21.1. The topological polar surface area (TPSA) is 102 Å². The summed E-state index contributed by atoms with van der Waals surface area (Å²) in [5.74, 6) is 3.46. The van der Waals surface area contributed by atoms with Crippen molar-refractivity contribution in [1.82, 2.24) is 25.2 Å². The van der Waals surface area contributed by atoms with Gasteiger partial charge in [-0.25, -0.2) is 9.97 Å². The van der Waals surface area contributed by atoms with Crippen molar-refractivity contribution in [2.75, 3.05) is 51.0 Å². The van der Waals surface area contributed by atoms with Crippen molar-refractivity contribution < 1.29 is 14.3 Å². The predicted molar refractivity (Wildman–Crippen MR) is 139 cm³/mol. The Morgan fingerprint density at radius 3 is 3.14 bits per heavy atom. The largest absolute Gasteiger partial charge is 0.491 e. The van der Waals surface area contributed by atoms with Crippen molar-refractivity contribution in [3.05, 3.63) is 41.7 Å². The number of methoxy groups -OCH3 is 1. The number of aromatic nitrogens is 3. The molecule has 1 unspecified atom stereocenters. The summed E-state index contributed by atoms with van der Waals surface area (Å²) in [5, 5.41) is 6.46. The van der Waals surface area contributed by atoms with Gasteiger partial charge in [0.05, 0.1) is 41.8 Å². The maximum atomic E-state index is 11.7. The quantitative estimate of drug-likeness (QED) is 0.501. The van der Waals surface area contributed by atoms with Crippen molar-refractivity contribution in [3.63, 3.8) is 0 Å². The molecule has 3 aromatic rings. The normalized spacial score (nSPS) is 21.5. The summed E-state index contributed by atoms with van der Waals surface area (Å²) in [4.78, 5) is 29.1. The lowest BCUT2D eigenvalue weighted by Crippen LogP contribution is -2.41. The molecule has 0 radical (unpaired) electrons. The van der Waals surface area contributed by atoms with Gasteiger partial charge in [0.15, 0.2) is 0 Å². The second-order valence-corrected chi connectivity index (χ2v) is 10.7. The first-order valence-electron chi connectivity index (χ1n) is 12.5. The molecule has 10 heteroatoms. The van der Waals surface area contributed by atoms with Crippen LogP contribution >= 0.6 is 11.8 Å². The number of likely N-dealkylation sites (tertiary alicyclic amines) is 1. The summed E-state index contributed by atoms with van der Waals surface area (Å²) < 4.78 is 11.4. The van der Waals surface area contributed by atoms with Crippen LogP contribution in [0.15, 0.2) is 35.4 Å². The average Bonchev–Trinajstić information content (AvgIpc) is 3.31. The van der Waals surface area contributed by atoms with Gasteiger partial charge in [0.25, 0.3) is 0 Å². The highest BCUT2D eigenvalue weighted by molar-refractivity contribution is 8.00. The van der Waals surface area contributed by atoms with Gasteiger partial charge >= 0.3 is 0 Å². The molecule has 3 aliphatic heterocycles. The second-order valence-electron chi connectivity index (χ2n) is 9.65. The van der Waals surface area contributed by atoms with Crippen molar-refractivity contribution in [2.24, 2.45) is 5.92 Å². The Balaban J connectivity index is 1.06. The zero-order chi connectivity index (χ0) is 24.5. The van der Waals surface area contributed by atoms with E-state index in [1.54, 1.807) is 18.9 Å². The highest BCUT2D eigenvalue weighted by Crippen LogP contribution is 2.39. The van der Waals surface area contributed by atoms with Gasteiger partial charge < -0.3 is 25.0 Å². The Morgan fingerprint density at radius 1 is 1.28 bits per heavy atom. The number of carbonyl (C=O) groups is 1. The first-order valence-corrected chi connectivity index (χ1v) is 13.5. The van der Waals surface area contributed by atoms with Crippen molar-refractivity contribution in [3.8, 4) is 11.6 Å². The smallest absolute Gasteiger partial charge is 0.235 e. The Morgan fingerprint density at radius 2 is 2.22 bits per heavy atom. The number of amides is 1. The van der Waals surface area contributed by atoms with Crippen LogP contribution in [0.3, 0.4) is 0 Å². The van der Waals surface area contributed by atoms with Crippen LogP contribution in [-0.4, -0.2) is 71.4 Å². The molecule has 3 aromatic heterocycles. The molecular weight excluding hydrogens is 476 g/mol. The van der Waals surface area contributed by atoms with Crippen LogP contribution in [0.25, 0.3) is 11.0 Å². The number of carbonyl (C=O) groups excluding carboxylic acids is 1. The second kappa shape index (κ2) is 10.2. The highest BCUT2D eigenvalue weighted by atomic mass is 32.2. The van der Waals surface area contributed by atoms with Gasteiger partial charge in [0.2, 0.25) is 11.8 Å². The first-order chi connectivity index (χ1) is 17.7. The van der Waals surface area contributed by atoms with E-state index in [1.165, 1.54) is 12.8 Å². The molecule has 1 amide bonds. The molecule has 1 fully saturated rings. The minimum Gasteiger partial charge on any atom is -0.491 e. The number of ether oxygens (including phenoxy) is 2. The molecule has 36 heavy (non-hydrogen) atoms. The number of pyridine rings is 3. The Bertz CT molecular complexity index is 1290. The molecule has 1 saturated heterocycles. The maximum absolute atomic E-state index is 11.7. The molecule has 6 heterocycles. The van der Waals surface area contributed by atoms with Crippen LogP contribution in [0, 0.1) is 5.92 Å². The third-order valence-electron chi connectivity index (χ3n) is 7.10. The monoisotopic (exact) mass is 506 g/mol. The molecular formula is C26H30N6O3S. The first kappa shape index (κ1) is 23.4. The van der Waals surface area contributed by atoms with E-state index < -0.39 is 0 Å². The summed E-state index contributed by atoms with van der Waals surface area (Å²) in [7, 11) is 1.64. The van der Waals surface area contributed by atoms with Gasteiger partial charge in [-0.1, -0.05) is 0 Å². The molecule has 2 N–H and O–H groups in total. The summed E-state index contributed by atoms with van der Waals surface area (Å²) in [5.41, 5.74) is 3.87. The Labute approximate surface area is 214 Å². The van der Waals surface area contributed by atoms with Gasteiger partial charge in [0.1, 0.15) is 17.1 Å². The maximum Gasteiger partial charge on any atom is 0.235 e. The molecule has 6 rings (SSSR count). The summed E-state index contributed by atoms with van der Waals surface area (Å²) in [6.07, 6.45) is 4.24. The molecule has 0 spiro atoms. The lowest BCUT2D eigenvalue weighted by atomic mass is 9.94. The van der Waals surface area contributed by atoms with E-state index >= 15 is 0 Å². The van der Waals surface area contributed by atoms with E-state index in [9.17, 15) is 4.79 Å². The van der Waals surface area contributed by atoms with Gasteiger partial charge in [-0.15, -0.1) is 11.8 Å². The third-order valence-corrected chi connectivity index (χ3v) is 8.15. The fraction of sp³-hybridized carbons (Fsp3) is 0.462. The number of piperidine rings is 1.